The second-order valence-electron chi connectivity index (χ2n) is 6.93. The van der Waals surface area contributed by atoms with Crippen LogP contribution in [0, 0.1) is 13.8 Å². The van der Waals surface area contributed by atoms with Gasteiger partial charge < -0.3 is 15.5 Å². The van der Waals surface area contributed by atoms with Crippen molar-refractivity contribution in [1.29, 1.82) is 0 Å². The van der Waals surface area contributed by atoms with Gasteiger partial charge in [-0.15, -0.1) is 0 Å². The summed E-state index contributed by atoms with van der Waals surface area (Å²) in [6, 6.07) is 6.74. The molecule has 1 aromatic heterocycles. The molecule has 0 amide bonds. The van der Waals surface area contributed by atoms with Crippen molar-refractivity contribution in [3.63, 3.8) is 0 Å². The van der Waals surface area contributed by atoms with Crippen LogP contribution in [0.2, 0.25) is 0 Å². The summed E-state index contributed by atoms with van der Waals surface area (Å²) in [7, 11) is 6.11. The molecule has 1 unspecified atom stereocenters. The fourth-order valence-electron chi connectivity index (χ4n) is 2.93. The van der Waals surface area contributed by atoms with Crippen molar-refractivity contribution in [3.8, 4) is 0 Å². The lowest BCUT2D eigenvalue weighted by Crippen LogP contribution is -2.41. The first-order valence-electron chi connectivity index (χ1n) is 9.14. The number of hydrogen-bond donors (Lipinski definition) is 2. The van der Waals surface area contributed by atoms with Crippen LogP contribution < -0.4 is 10.6 Å². The molecule has 0 saturated heterocycles. The number of nitrogens with one attached hydrogen (secondary N) is 2. The molecule has 2 aromatic rings. The van der Waals surface area contributed by atoms with Crippen LogP contribution in [0.4, 0.5) is 0 Å². The van der Waals surface area contributed by atoms with Crippen LogP contribution in [0.3, 0.4) is 0 Å². The molecule has 0 aliphatic heterocycles. The highest BCUT2D eigenvalue weighted by Gasteiger charge is 2.16. The Balaban J connectivity index is 2.06. The van der Waals surface area contributed by atoms with Gasteiger partial charge in [0.25, 0.3) is 0 Å². The molecule has 6 nitrogen and oxygen atoms in total. The van der Waals surface area contributed by atoms with Crippen LogP contribution in [0.1, 0.15) is 35.2 Å². The van der Waals surface area contributed by atoms with Crippen LogP contribution in [0.5, 0.6) is 0 Å². The average molecular weight is 357 g/mol. The van der Waals surface area contributed by atoms with E-state index in [1.165, 1.54) is 22.3 Å². The van der Waals surface area contributed by atoms with E-state index in [9.17, 15) is 0 Å². The van der Waals surface area contributed by atoms with Crippen LogP contribution in [0.25, 0.3) is 0 Å². The minimum atomic E-state index is 0.230. The normalized spacial score (nSPS) is 13.1. The third-order valence-electron chi connectivity index (χ3n) is 4.45. The van der Waals surface area contributed by atoms with Crippen molar-refractivity contribution in [2.45, 2.75) is 33.4 Å². The number of rotatable bonds is 7. The number of aliphatic imine (C=N–C) groups is 1. The lowest BCUT2D eigenvalue weighted by molar-refractivity contribution is 0.298. The lowest BCUT2D eigenvalue weighted by atomic mass is 10.1. The molecule has 0 fully saturated rings. The molecule has 6 heteroatoms. The van der Waals surface area contributed by atoms with E-state index in [-0.39, 0.29) is 6.04 Å². The SMILES string of the molecule is CCNC(=NCc1ccc(C)cc1C)NCC(c1cnn(C)c1)N(C)C. The Morgan fingerprint density at radius 1 is 1.27 bits per heavy atom. The van der Waals surface area contributed by atoms with E-state index in [1.807, 2.05) is 17.9 Å². The quantitative estimate of drug-likeness (QED) is 0.591. The molecular formula is C20H32N6. The first-order chi connectivity index (χ1) is 12.4. The van der Waals surface area contributed by atoms with Crippen molar-refractivity contribution >= 4 is 5.96 Å². The Bertz CT molecular complexity index is 732. The number of likely N-dealkylation sites (N-methyl/N-ethyl adjacent to an activating group) is 1. The smallest absolute Gasteiger partial charge is 0.191 e. The van der Waals surface area contributed by atoms with E-state index in [4.69, 9.17) is 4.99 Å². The molecule has 2 N–H and O–H groups in total. The Labute approximate surface area is 157 Å². The predicted octanol–water partition coefficient (Wildman–Crippen LogP) is 2.39. The van der Waals surface area contributed by atoms with Crippen LogP contribution in [-0.4, -0.2) is 47.8 Å². The van der Waals surface area contributed by atoms with Gasteiger partial charge in [0.2, 0.25) is 0 Å². The fraction of sp³-hybridized carbons (Fsp3) is 0.500. The van der Waals surface area contributed by atoms with Crippen LogP contribution in [0.15, 0.2) is 35.6 Å². The number of aryl methyl sites for hydroxylation is 3. The Morgan fingerprint density at radius 3 is 2.62 bits per heavy atom. The highest BCUT2D eigenvalue weighted by atomic mass is 15.3. The third-order valence-corrected chi connectivity index (χ3v) is 4.45. The first-order valence-corrected chi connectivity index (χ1v) is 9.14. The topological polar surface area (TPSA) is 57.5 Å². The van der Waals surface area contributed by atoms with Gasteiger partial charge in [0, 0.05) is 31.9 Å². The predicted molar refractivity (Wildman–Crippen MR) is 108 cm³/mol. The highest BCUT2D eigenvalue weighted by molar-refractivity contribution is 5.79. The summed E-state index contributed by atoms with van der Waals surface area (Å²) in [6.45, 7) is 8.60. The number of guanidine groups is 1. The summed E-state index contributed by atoms with van der Waals surface area (Å²) in [5.41, 5.74) is 5.01. The van der Waals surface area contributed by atoms with Crippen LogP contribution in [-0.2, 0) is 13.6 Å². The van der Waals surface area contributed by atoms with E-state index in [0.717, 1.165) is 19.0 Å². The highest BCUT2D eigenvalue weighted by Crippen LogP contribution is 2.16. The first kappa shape index (κ1) is 20.0. The maximum Gasteiger partial charge on any atom is 0.191 e. The minimum Gasteiger partial charge on any atom is -0.357 e. The van der Waals surface area contributed by atoms with Crippen molar-refractivity contribution in [3.05, 3.63) is 52.8 Å². The summed E-state index contributed by atoms with van der Waals surface area (Å²) >= 11 is 0. The van der Waals surface area contributed by atoms with Crippen molar-refractivity contribution in [1.82, 2.24) is 25.3 Å². The summed E-state index contributed by atoms with van der Waals surface area (Å²) in [5, 5.41) is 11.1. The molecule has 26 heavy (non-hydrogen) atoms. The zero-order valence-electron chi connectivity index (χ0n) is 16.9. The summed E-state index contributed by atoms with van der Waals surface area (Å²) in [5.74, 6) is 0.836. The minimum absolute atomic E-state index is 0.230. The van der Waals surface area contributed by atoms with Gasteiger partial charge in [-0.3, -0.25) is 4.68 Å². The number of benzene rings is 1. The second-order valence-corrected chi connectivity index (χ2v) is 6.93. The molecule has 0 aliphatic rings. The molecule has 1 heterocycles. The van der Waals surface area contributed by atoms with Gasteiger partial charge in [0.05, 0.1) is 18.8 Å². The van der Waals surface area contributed by atoms with E-state index in [1.54, 1.807) is 0 Å². The molecule has 1 aromatic carbocycles. The van der Waals surface area contributed by atoms with E-state index in [0.29, 0.717) is 6.54 Å². The van der Waals surface area contributed by atoms with Crippen molar-refractivity contribution in [2.24, 2.45) is 12.0 Å². The summed E-state index contributed by atoms with van der Waals surface area (Å²) < 4.78 is 1.84. The van der Waals surface area contributed by atoms with Gasteiger partial charge >= 0.3 is 0 Å². The van der Waals surface area contributed by atoms with Crippen molar-refractivity contribution < 1.29 is 0 Å². The van der Waals surface area contributed by atoms with E-state index in [2.05, 4.69) is 79.9 Å². The third kappa shape index (κ3) is 5.59. The Kier molecular flexibility index (Phi) is 7.21. The maximum absolute atomic E-state index is 4.76. The van der Waals surface area contributed by atoms with Gasteiger partial charge in [-0.25, -0.2) is 4.99 Å². The monoisotopic (exact) mass is 356 g/mol. The molecule has 0 bridgehead atoms. The maximum atomic E-state index is 4.76. The van der Waals surface area contributed by atoms with Crippen LogP contribution >= 0.6 is 0 Å². The summed E-state index contributed by atoms with van der Waals surface area (Å²) in [4.78, 5) is 6.95. The number of aromatic nitrogens is 2. The Morgan fingerprint density at radius 2 is 2.04 bits per heavy atom. The Hall–Kier alpha value is -2.34. The standard InChI is InChI=1S/C20H32N6/c1-7-21-20(22-11-17-9-8-15(2)10-16(17)3)23-13-19(25(4)5)18-12-24-26(6)14-18/h8-10,12,14,19H,7,11,13H2,1-6H3,(H2,21,22,23). The average Bonchev–Trinajstić information content (AvgIpc) is 2.99. The van der Waals surface area contributed by atoms with Gasteiger partial charge in [-0.05, 0) is 46.0 Å². The van der Waals surface area contributed by atoms with Gasteiger partial charge in [-0.1, -0.05) is 23.8 Å². The molecular weight excluding hydrogens is 324 g/mol. The van der Waals surface area contributed by atoms with Gasteiger partial charge in [0.1, 0.15) is 0 Å². The zero-order chi connectivity index (χ0) is 19.1. The molecule has 2 rings (SSSR count). The molecule has 0 aliphatic carbocycles. The zero-order valence-corrected chi connectivity index (χ0v) is 16.9. The van der Waals surface area contributed by atoms with Gasteiger partial charge in [0.15, 0.2) is 5.96 Å². The van der Waals surface area contributed by atoms with E-state index < -0.39 is 0 Å². The molecule has 1 atom stereocenters. The molecule has 142 valence electrons. The molecule has 0 radical (unpaired) electrons. The second kappa shape index (κ2) is 9.38. The lowest BCUT2D eigenvalue weighted by Gasteiger charge is -2.24. The molecule has 0 spiro atoms. The largest absolute Gasteiger partial charge is 0.357 e. The molecule has 0 saturated carbocycles. The van der Waals surface area contributed by atoms with E-state index >= 15 is 0 Å². The van der Waals surface area contributed by atoms with Crippen molar-refractivity contribution in [2.75, 3.05) is 27.2 Å². The fourth-order valence-corrected chi connectivity index (χ4v) is 2.93. The number of nitrogens with zero attached hydrogens (tertiary/aromatic N) is 4. The van der Waals surface area contributed by atoms with Gasteiger partial charge in [-0.2, -0.15) is 5.10 Å². The number of hydrogen-bond acceptors (Lipinski definition) is 3. The summed E-state index contributed by atoms with van der Waals surface area (Å²) in [6.07, 6.45) is 3.98.